The zero-order valence-electron chi connectivity index (χ0n) is 33.1. The number of rotatable bonds is 4. The summed E-state index contributed by atoms with van der Waals surface area (Å²) < 4.78 is 73.4. The molecule has 0 saturated heterocycles. The molecule has 0 aliphatic heterocycles. The Bertz CT molecular complexity index is 3230. The topological polar surface area (TPSA) is 43.6 Å². The minimum Gasteiger partial charge on any atom is -0.278 e. The molecule has 0 radical (unpaired) electrons. The van der Waals surface area contributed by atoms with Crippen molar-refractivity contribution in [1.29, 1.82) is 0 Å². The van der Waals surface area contributed by atoms with Gasteiger partial charge in [0, 0.05) is 42.1 Å². The third kappa shape index (κ3) is 4.25. The van der Waals surface area contributed by atoms with Crippen LogP contribution in [-0.4, -0.2) is 19.5 Å². The van der Waals surface area contributed by atoms with Gasteiger partial charge >= 0.3 is 0 Å². The lowest BCUT2D eigenvalue weighted by Gasteiger charge is -2.12. The SMILES string of the molecule is [2H]c1c([2H])c([2H])c2c(c1[2H])c1c([2H])c([2H])c([2H])c([2H])c1n2-c1nc(-c2ccccc2)nc(-c2ccc3c(-c4ccc5c(c4)sc4ccccc45)cccc3c2)n1. The van der Waals surface area contributed by atoms with Gasteiger partial charge < -0.3 is 0 Å². The highest BCUT2D eigenvalue weighted by molar-refractivity contribution is 7.25. The number of thiophene rings is 1. The van der Waals surface area contributed by atoms with Crippen LogP contribution in [0.25, 0.3) is 92.6 Å². The zero-order chi connectivity index (χ0) is 38.6. The lowest BCUT2D eigenvalue weighted by atomic mass is 9.96. The second kappa shape index (κ2) is 10.7. The first kappa shape index (κ1) is 20.1. The fourth-order valence-corrected chi connectivity index (χ4v) is 7.64. The minimum absolute atomic E-state index is 0.0479. The van der Waals surface area contributed by atoms with Crippen LogP contribution in [0.5, 0.6) is 0 Å². The number of nitrogens with zero attached hydrogens (tertiary/aromatic N) is 4. The average Bonchev–Trinajstić information content (AvgIpc) is 3.80. The molecule has 0 aliphatic carbocycles. The Labute approximate surface area is 291 Å². The average molecular weight is 639 g/mol. The van der Waals surface area contributed by atoms with Crippen molar-refractivity contribution in [2.45, 2.75) is 0 Å². The molecule has 0 bridgehead atoms. The highest BCUT2D eigenvalue weighted by atomic mass is 32.1. The molecule has 4 nitrogen and oxygen atoms in total. The number of fused-ring (bicyclic) bond motifs is 7. The van der Waals surface area contributed by atoms with E-state index in [0.29, 0.717) is 11.1 Å². The highest BCUT2D eigenvalue weighted by Gasteiger charge is 2.18. The molecule has 0 saturated carbocycles. The van der Waals surface area contributed by atoms with Crippen LogP contribution in [0.2, 0.25) is 0 Å². The van der Waals surface area contributed by atoms with Crippen molar-refractivity contribution >= 4 is 64.1 Å². The molecule has 0 aliphatic rings. The van der Waals surface area contributed by atoms with Gasteiger partial charge in [0.05, 0.1) is 22.0 Å². The van der Waals surface area contributed by atoms with Crippen molar-refractivity contribution in [3.05, 3.63) is 158 Å². The highest BCUT2D eigenvalue weighted by Crippen LogP contribution is 2.39. The first-order chi connectivity index (χ1) is 27.1. The van der Waals surface area contributed by atoms with E-state index in [4.69, 9.17) is 25.9 Å². The lowest BCUT2D eigenvalue weighted by Crippen LogP contribution is -2.06. The number of hydrogen-bond donors (Lipinski definition) is 0. The number of para-hydroxylation sites is 2. The molecule has 3 aromatic heterocycles. The third-order valence-corrected chi connectivity index (χ3v) is 9.85. The number of benzene rings is 7. The van der Waals surface area contributed by atoms with E-state index < -0.39 is 48.3 Å². The second-order valence-electron chi connectivity index (χ2n) is 11.5. The van der Waals surface area contributed by atoms with Gasteiger partial charge in [-0.25, -0.2) is 4.98 Å². The molecule has 0 amide bonds. The maximum Gasteiger partial charge on any atom is 0.238 e. The molecule has 0 fully saturated rings. The van der Waals surface area contributed by atoms with E-state index in [1.807, 2.05) is 60.7 Å². The Morgan fingerprint density at radius 1 is 0.479 bits per heavy atom. The fourth-order valence-electron chi connectivity index (χ4n) is 6.50. The summed E-state index contributed by atoms with van der Waals surface area (Å²) in [6.45, 7) is 0. The van der Waals surface area contributed by atoms with E-state index in [1.165, 1.54) is 24.7 Å². The smallest absolute Gasteiger partial charge is 0.238 e. The van der Waals surface area contributed by atoms with Crippen molar-refractivity contribution in [2.75, 3.05) is 0 Å². The molecule has 0 N–H and O–H groups in total. The first-order valence-corrected chi connectivity index (χ1v) is 16.2. The van der Waals surface area contributed by atoms with Crippen LogP contribution in [-0.2, 0) is 0 Å². The normalized spacial score (nSPS) is 14.1. The van der Waals surface area contributed by atoms with E-state index >= 15 is 0 Å². The van der Waals surface area contributed by atoms with Crippen molar-refractivity contribution in [3.8, 4) is 39.9 Å². The van der Waals surface area contributed by atoms with Crippen LogP contribution in [0, 0.1) is 0 Å². The van der Waals surface area contributed by atoms with Crippen LogP contribution in [0.3, 0.4) is 0 Å². The fraction of sp³-hybridized carbons (Fsp3) is 0. The third-order valence-electron chi connectivity index (χ3n) is 8.72. The largest absolute Gasteiger partial charge is 0.278 e. The molecule has 7 aromatic carbocycles. The number of aromatic nitrogens is 4. The number of hydrogen-bond acceptors (Lipinski definition) is 4. The molecule has 0 unspecified atom stereocenters. The Morgan fingerprint density at radius 2 is 1.15 bits per heavy atom. The molecular formula is C43H26N4S. The lowest BCUT2D eigenvalue weighted by molar-refractivity contribution is 0.953. The summed E-state index contributed by atoms with van der Waals surface area (Å²) in [6, 6.07) is 32.6. The molecule has 48 heavy (non-hydrogen) atoms. The van der Waals surface area contributed by atoms with Gasteiger partial charge in [0.2, 0.25) is 5.95 Å². The molecule has 224 valence electrons. The van der Waals surface area contributed by atoms with E-state index in [0.717, 1.165) is 21.9 Å². The van der Waals surface area contributed by atoms with Gasteiger partial charge in [0.1, 0.15) is 0 Å². The predicted molar refractivity (Wildman–Crippen MR) is 201 cm³/mol. The summed E-state index contributed by atoms with van der Waals surface area (Å²) in [4.78, 5) is 14.6. The van der Waals surface area contributed by atoms with Crippen molar-refractivity contribution < 1.29 is 11.0 Å². The summed E-state index contributed by atoms with van der Waals surface area (Å²) in [5.74, 6) is 0.478. The van der Waals surface area contributed by atoms with Crippen molar-refractivity contribution in [3.63, 3.8) is 0 Å². The molecule has 10 rings (SSSR count). The van der Waals surface area contributed by atoms with Gasteiger partial charge in [0.15, 0.2) is 11.6 Å². The Balaban J connectivity index is 1.22. The summed E-state index contributed by atoms with van der Waals surface area (Å²) in [7, 11) is 0. The Kier molecular flexibility index (Phi) is 4.49. The molecule has 0 spiro atoms. The quantitative estimate of drug-likeness (QED) is 0.193. The standard InChI is InChI=1S/C43H26N4S/c1-2-11-27(12-3-1)41-44-42(46-43(45-41)47-37-18-7-4-14-33(37)34-15-5-8-19-38(34)47)30-22-23-32-28(25-30)13-10-17-31(32)29-21-24-36-35-16-6-9-20-39(35)48-40(36)26-29/h1-26H/i4D,5D,7D,8D,14D,15D,18D,19D. The van der Waals surface area contributed by atoms with Gasteiger partial charge in [-0.05, 0) is 52.2 Å². The summed E-state index contributed by atoms with van der Waals surface area (Å²) in [6.07, 6.45) is 0. The predicted octanol–water partition coefficient (Wildman–Crippen LogP) is 11.5. The Hall–Kier alpha value is -6.17. The molecule has 10 aromatic rings. The molecule has 3 heterocycles. The van der Waals surface area contributed by atoms with Crippen LogP contribution in [0.15, 0.2) is 158 Å². The second-order valence-corrected chi connectivity index (χ2v) is 12.6. The summed E-state index contributed by atoms with van der Waals surface area (Å²) >= 11 is 1.77. The maximum absolute atomic E-state index is 8.99. The van der Waals surface area contributed by atoms with E-state index in [2.05, 4.69) is 48.5 Å². The first-order valence-electron chi connectivity index (χ1n) is 19.4. The van der Waals surface area contributed by atoms with E-state index in [1.54, 1.807) is 11.3 Å². The van der Waals surface area contributed by atoms with Gasteiger partial charge in [-0.3, -0.25) is 4.57 Å². The van der Waals surface area contributed by atoms with E-state index in [-0.39, 0.29) is 39.4 Å². The Morgan fingerprint density at radius 3 is 1.96 bits per heavy atom. The van der Waals surface area contributed by atoms with Crippen LogP contribution in [0.1, 0.15) is 11.0 Å². The molecule has 5 heteroatoms. The zero-order valence-corrected chi connectivity index (χ0v) is 25.9. The van der Waals surface area contributed by atoms with Gasteiger partial charge in [-0.2, -0.15) is 9.97 Å². The summed E-state index contributed by atoms with van der Waals surface area (Å²) in [5.41, 5.74) is 3.35. The van der Waals surface area contributed by atoms with Crippen molar-refractivity contribution in [2.24, 2.45) is 0 Å². The molecule has 0 atom stereocenters. The minimum atomic E-state index is -0.519. The summed E-state index contributed by atoms with van der Waals surface area (Å²) in [5, 5.41) is 4.35. The van der Waals surface area contributed by atoms with Crippen molar-refractivity contribution in [1.82, 2.24) is 19.5 Å². The molecular weight excluding hydrogens is 605 g/mol. The maximum atomic E-state index is 8.99. The van der Waals surface area contributed by atoms with Crippen LogP contribution < -0.4 is 0 Å². The van der Waals surface area contributed by atoms with Gasteiger partial charge in [0.25, 0.3) is 0 Å². The van der Waals surface area contributed by atoms with Gasteiger partial charge in [-0.15, -0.1) is 11.3 Å². The van der Waals surface area contributed by atoms with Crippen LogP contribution >= 0.6 is 11.3 Å². The van der Waals surface area contributed by atoms with Gasteiger partial charge in [-0.1, -0.05) is 127 Å². The monoisotopic (exact) mass is 638 g/mol. The van der Waals surface area contributed by atoms with Crippen LogP contribution in [0.4, 0.5) is 0 Å². The van der Waals surface area contributed by atoms with E-state index in [9.17, 15) is 0 Å².